The molecule has 7 heteroatoms. The van der Waals surface area contributed by atoms with E-state index < -0.39 is 0 Å². The van der Waals surface area contributed by atoms with Crippen LogP contribution in [0.5, 0.6) is 5.75 Å². The summed E-state index contributed by atoms with van der Waals surface area (Å²) in [6.07, 6.45) is 3.82. The van der Waals surface area contributed by atoms with Gasteiger partial charge in [-0.3, -0.25) is 4.79 Å². The van der Waals surface area contributed by atoms with Crippen molar-refractivity contribution in [2.75, 3.05) is 42.6 Å². The summed E-state index contributed by atoms with van der Waals surface area (Å²) in [6, 6.07) is 10.7. The second-order valence-corrected chi connectivity index (χ2v) is 8.60. The fourth-order valence-electron chi connectivity index (χ4n) is 4.69. The van der Waals surface area contributed by atoms with Crippen LogP contribution >= 0.6 is 0 Å². The number of anilines is 2. The molecule has 0 aromatic heterocycles. The molecule has 164 valence electrons. The van der Waals surface area contributed by atoms with Crippen molar-refractivity contribution < 1.29 is 18.7 Å². The van der Waals surface area contributed by atoms with E-state index in [4.69, 9.17) is 15.2 Å². The number of benzene rings is 2. The Morgan fingerprint density at radius 1 is 1.16 bits per heavy atom. The molecular formula is C24H28FN3O3. The van der Waals surface area contributed by atoms with Gasteiger partial charge >= 0.3 is 0 Å². The molecule has 1 amide bonds. The van der Waals surface area contributed by atoms with Gasteiger partial charge in [0.25, 0.3) is 5.91 Å². The predicted octanol–water partition coefficient (Wildman–Crippen LogP) is 3.12. The van der Waals surface area contributed by atoms with E-state index in [2.05, 4.69) is 0 Å². The van der Waals surface area contributed by atoms with Gasteiger partial charge < -0.3 is 25.0 Å². The standard InChI is InChI=1S/C24H28FN3O3/c25-22-13-18(3-6-23(22)27-9-8-17(26)14-27)28-10-7-16-12-19(4-5-21(16)24(28)29)31-15-20-2-1-11-30-20/h3-6,12-13,17,20H,1-2,7-11,14-15,26H2. The van der Waals surface area contributed by atoms with Gasteiger partial charge in [0, 0.05) is 43.5 Å². The van der Waals surface area contributed by atoms with Crippen molar-refractivity contribution in [1.82, 2.24) is 0 Å². The fraction of sp³-hybridized carbons (Fsp3) is 0.458. The second-order valence-electron chi connectivity index (χ2n) is 8.60. The predicted molar refractivity (Wildman–Crippen MR) is 117 cm³/mol. The molecule has 2 unspecified atom stereocenters. The number of amides is 1. The zero-order valence-electron chi connectivity index (χ0n) is 17.6. The summed E-state index contributed by atoms with van der Waals surface area (Å²) in [5.41, 5.74) is 8.70. The van der Waals surface area contributed by atoms with E-state index in [0.29, 0.717) is 43.1 Å². The summed E-state index contributed by atoms with van der Waals surface area (Å²) in [6.45, 7) is 3.25. The highest BCUT2D eigenvalue weighted by Gasteiger charge is 2.28. The number of fused-ring (bicyclic) bond motifs is 1. The van der Waals surface area contributed by atoms with Gasteiger partial charge in [-0.25, -0.2) is 4.39 Å². The molecule has 31 heavy (non-hydrogen) atoms. The van der Waals surface area contributed by atoms with Crippen LogP contribution in [0.25, 0.3) is 0 Å². The number of carbonyl (C=O) groups excluding carboxylic acids is 1. The summed E-state index contributed by atoms with van der Waals surface area (Å²) >= 11 is 0. The van der Waals surface area contributed by atoms with Crippen molar-refractivity contribution >= 4 is 17.3 Å². The van der Waals surface area contributed by atoms with Crippen LogP contribution in [-0.4, -0.2) is 50.9 Å². The van der Waals surface area contributed by atoms with Crippen molar-refractivity contribution in [1.29, 1.82) is 0 Å². The van der Waals surface area contributed by atoms with Gasteiger partial charge in [0.1, 0.15) is 18.2 Å². The maximum atomic E-state index is 14.8. The lowest BCUT2D eigenvalue weighted by Gasteiger charge is -2.29. The molecule has 2 fully saturated rings. The molecule has 5 rings (SSSR count). The molecule has 3 aliphatic heterocycles. The molecule has 2 N–H and O–H groups in total. The molecule has 2 aromatic carbocycles. The number of nitrogens with zero attached hydrogens (tertiary/aromatic N) is 2. The molecule has 0 bridgehead atoms. The Kier molecular flexibility index (Phi) is 5.54. The third kappa shape index (κ3) is 4.12. The maximum absolute atomic E-state index is 14.8. The average Bonchev–Trinajstić information content (AvgIpc) is 3.44. The fourth-order valence-corrected chi connectivity index (χ4v) is 4.69. The maximum Gasteiger partial charge on any atom is 0.258 e. The minimum Gasteiger partial charge on any atom is -0.491 e. The van der Waals surface area contributed by atoms with E-state index >= 15 is 0 Å². The third-order valence-corrected chi connectivity index (χ3v) is 6.43. The van der Waals surface area contributed by atoms with Gasteiger partial charge in [-0.2, -0.15) is 0 Å². The first-order valence-electron chi connectivity index (χ1n) is 11.1. The quantitative estimate of drug-likeness (QED) is 0.797. The lowest BCUT2D eigenvalue weighted by Crippen LogP contribution is -2.37. The number of carbonyl (C=O) groups is 1. The van der Waals surface area contributed by atoms with Gasteiger partial charge in [0.05, 0.1) is 11.8 Å². The van der Waals surface area contributed by atoms with Crippen LogP contribution in [0.1, 0.15) is 35.2 Å². The third-order valence-electron chi connectivity index (χ3n) is 6.43. The normalized spacial score (nSPS) is 23.4. The van der Waals surface area contributed by atoms with E-state index in [9.17, 15) is 9.18 Å². The summed E-state index contributed by atoms with van der Waals surface area (Å²) < 4.78 is 26.3. The van der Waals surface area contributed by atoms with E-state index in [1.807, 2.05) is 29.2 Å². The Morgan fingerprint density at radius 2 is 2.06 bits per heavy atom. The van der Waals surface area contributed by atoms with E-state index in [0.717, 1.165) is 43.7 Å². The Morgan fingerprint density at radius 3 is 2.81 bits per heavy atom. The number of hydrogen-bond donors (Lipinski definition) is 1. The SMILES string of the molecule is NC1CCN(c2ccc(N3CCc4cc(OCC5CCCO5)ccc4C3=O)cc2F)C1. The van der Waals surface area contributed by atoms with E-state index in [-0.39, 0.29) is 23.9 Å². The van der Waals surface area contributed by atoms with Gasteiger partial charge in [-0.15, -0.1) is 0 Å². The average molecular weight is 426 g/mol. The van der Waals surface area contributed by atoms with Crippen molar-refractivity contribution in [3.8, 4) is 5.75 Å². The molecule has 3 aliphatic rings. The first-order valence-corrected chi connectivity index (χ1v) is 11.1. The highest BCUT2D eigenvalue weighted by Crippen LogP contribution is 2.31. The van der Waals surface area contributed by atoms with Crippen LogP contribution < -0.4 is 20.3 Å². The second kappa shape index (κ2) is 8.48. The van der Waals surface area contributed by atoms with Crippen molar-refractivity contribution in [2.24, 2.45) is 5.73 Å². The Labute approximate surface area is 181 Å². The zero-order valence-corrected chi connectivity index (χ0v) is 17.6. The van der Waals surface area contributed by atoms with Crippen LogP contribution in [0.4, 0.5) is 15.8 Å². The first kappa shape index (κ1) is 20.3. The lowest BCUT2D eigenvalue weighted by molar-refractivity contribution is 0.0679. The van der Waals surface area contributed by atoms with Gasteiger partial charge in [-0.05, 0) is 67.6 Å². The van der Waals surface area contributed by atoms with Crippen LogP contribution in [-0.2, 0) is 11.2 Å². The Bertz CT molecular complexity index is 977. The number of hydrogen-bond acceptors (Lipinski definition) is 5. The molecule has 2 atom stereocenters. The van der Waals surface area contributed by atoms with Crippen LogP contribution in [0, 0.1) is 5.82 Å². The largest absolute Gasteiger partial charge is 0.491 e. The number of halogens is 1. The van der Waals surface area contributed by atoms with E-state index in [1.54, 1.807) is 11.0 Å². The molecule has 0 saturated carbocycles. The molecule has 0 spiro atoms. The van der Waals surface area contributed by atoms with Gasteiger partial charge in [-0.1, -0.05) is 0 Å². The van der Waals surface area contributed by atoms with E-state index in [1.165, 1.54) is 6.07 Å². The minimum absolute atomic E-state index is 0.0822. The molecule has 0 radical (unpaired) electrons. The summed E-state index contributed by atoms with van der Waals surface area (Å²) in [5.74, 6) is 0.333. The molecule has 6 nitrogen and oxygen atoms in total. The number of nitrogens with two attached hydrogens (primary N) is 1. The monoisotopic (exact) mass is 425 g/mol. The first-order chi connectivity index (χ1) is 15.1. The van der Waals surface area contributed by atoms with Crippen LogP contribution in [0.15, 0.2) is 36.4 Å². The smallest absolute Gasteiger partial charge is 0.258 e. The Balaban J connectivity index is 1.29. The molecule has 2 aromatic rings. The molecule has 3 heterocycles. The van der Waals surface area contributed by atoms with Crippen LogP contribution in [0.3, 0.4) is 0 Å². The number of rotatable bonds is 5. The highest BCUT2D eigenvalue weighted by molar-refractivity contribution is 6.08. The zero-order chi connectivity index (χ0) is 21.4. The van der Waals surface area contributed by atoms with Crippen molar-refractivity contribution in [3.05, 3.63) is 53.3 Å². The van der Waals surface area contributed by atoms with Gasteiger partial charge in [0.2, 0.25) is 0 Å². The number of ether oxygens (including phenoxy) is 2. The van der Waals surface area contributed by atoms with Gasteiger partial charge in [0.15, 0.2) is 0 Å². The molecule has 2 saturated heterocycles. The summed E-state index contributed by atoms with van der Waals surface area (Å²) in [4.78, 5) is 16.7. The molecule has 0 aliphatic carbocycles. The summed E-state index contributed by atoms with van der Waals surface area (Å²) in [7, 11) is 0. The van der Waals surface area contributed by atoms with Crippen molar-refractivity contribution in [3.63, 3.8) is 0 Å². The lowest BCUT2D eigenvalue weighted by atomic mass is 9.98. The van der Waals surface area contributed by atoms with Crippen molar-refractivity contribution in [2.45, 2.75) is 37.8 Å². The highest BCUT2D eigenvalue weighted by atomic mass is 19.1. The minimum atomic E-state index is -0.317. The molecular weight excluding hydrogens is 397 g/mol. The Hall–Kier alpha value is -2.64. The summed E-state index contributed by atoms with van der Waals surface area (Å²) in [5, 5.41) is 0. The topological polar surface area (TPSA) is 68.0 Å². The van der Waals surface area contributed by atoms with Crippen LogP contribution in [0.2, 0.25) is 0 Å².